The van der Waals surface area contributed by atoms with Crippen molar-refractivity contribution in [1.29, 1.82) is 0 Å². The van der Waals surface area contributed by atoms with Gasteiger partial charge in [-0.15, -0.1) is 10.2 Å². The van der Waals surface area contributed by atoms with Gasteiger partial charge in [-0.05, 0) is 31.2 Å². The standard InChI is InChI=1S/C24H19ClN6O3S/c1-16-5-7-18(8-6-16)23-28-29-24(30(23)20-11-9-19(25)10-12-20)35-15-22(32)27-26-14-17-3-2-4-21(13-17)31(33)34/h2-14H,15H2,1H3,(H,27,32). The number of non-ortho nitro benzene ring substituents is 1. The number of aryl methyl sites for hydroxylation is 1. The number of nitrogens with one attached hydrogen (secondary N) is 1. The number of aromatic nitrogens is 3. The lowest BCUT2D eigenvalue weighted by molar-refractivity contribution is -0.384. The van der Waals surface area contributed by atoms with Crippen LogP contribution in [0.1, 0.15) is 11.1 Å². The molecule has 0 saturated carbocycles. The van der Waals surface area contributed by atoms with Crippen molar-refractivity contribution in [2.45, 2.75) is 12.1 Å². The molecular formula is C24H19ClN6O3S. The van der Waals surface area contributed by atoms with Gasteiger partial charge in [-0.25, -0.2) is 5.43 Å². The molecule has 0 radical (unpaired) electrons. The average molecular weight is 507 g/mol. The molecule has 0 fully saturated rings. The van der Waals surface area contributed by atoms with Gasteiger partial charge in [0.05, 0.1) is 16.9 Å². The Kier molecular flexibility index (Phi) is 7.54. The Bertz CT molecular complexity index is 1390. The molecule has 4 rings (SSSR count). The number of nitrogens with zero attached hydrogens (tertiary/aromatic N) is 5. The summed E-state index contributed by atoms with van der Waals surface area (Å²) < 4.78 is 1.87. The van der Waals surface area contributed by atoms with E-state index in [9.17, 15) is 14.9 Å². The van der Waals surface area contributed by atoms with Crippen molar-refractivity contribution in [3.05, 3.63) is 99.1 Å². The molecule has 1 N–H and O–H groups in total. The fourth-order valence-electron chi connectivity index (χ4n) is 3.14. The predicted octanol–water partition coefficient (Wildman–Crippen LogP) is 5.05. The third-order valence-electron chi connectivity index (χ3n) is 4.84. The first-order valence-corrected chi connectivity index (χ1v) is 11.7. The molecule has 1 amide bonds. The van der Waals surface area contributed by atoms with Crippen molar-refractivity contribution >= 4 is 41.2 Å². The lowest BCUT2D eigenvalue weighted by atomic mass is 10.1. The summed E-state index contributed by atoms with van der Waals surface area (Å²) in [4.78, 5) is 22.7. The van der Waals surface area contributed by atoms with Crippen LogP contribution in [0.3, 0.4) is 0 Å². The topological polar surface area (TPSA) is 115 Å². The fraction of sp³-hybridized carbons (Fsp3) is 0.0833. The minimum atomic E-state index is -0.492. The smallest absolute Gasteiger partial charge is 0.270 e. The number of hydrogen-bond acceptors (Lipinski definition) is 7. The molecule has 11 heteroatoms. The zero-order chi connectivity index (χ0) is 24.8. The Morgan fingerprint density at radius 1 is 1.14 bits per heavy atom. The van der Waals surface area contributed by atoms with Gasteiger partial charge >= 0.3 is 0 Å². The van der Waals surface area contributed by atoms with E-state index in [0.29, 0.717) is 21.6 Å². The van der Waals surface area contributed by atoms with E-state index in [1.807, 2.05) is 47.9 Å². The summed E-state index contributed by atoms with van der Waals surface area (Å²) in [6.45, 7) is 2.01. The first kappa shape index (κ1) is 24.1. The van der Waals surface area contributed by atoms with Crippen LogP contribution in [0, 0.1) is 17.0 Å². The van der Waals surface area contributed by atoms with Crippen molar-refractivity contribution in [3.8, 4) is 17.1 Å². The van der Waals surface area contributed by atoms with Gasteiger partial charge in [0.1, 0.15) is 0 Å². The second-order valence-electron chi connectivity index (χ2n) is 7.42. The fourth-order valence-corrected chi connectivity index (χ4v) is 4.01. The van der Waals surface area contributed by atoms with Crippen LogP contribution in [0.25, 0.3) is 17.1 Å². The molecule has 4 aromatic rings. The van der Waals surface area contributed by atoms with E-state index in [1.165, 1.54) is 30.1 Å². The van der Waals surface area contributed by atoms with Crippen molar-refractivity contribution in [1.82, 2.24) is 20.2 Å². The molecule has 0 saturated heterocycles. The van der Waals surface area contributed by atoms with Gasteiger partial charge in [-0.2, -0.15) is 5.10 Å². The van der Waals surface area contributed by atoms with Crippen LogP contribution < -0.4 is 5.43 Å². The summed E-state index contributed by atoms with van der Waals surface area (Å²) in [5, 5.41) is 24.6. The summed E-state index contributed by atoms with van der Waals surface area (Å²) >= 11 is 7.27. The van der Waals surface area contributed by atoms with Gasteiger partial charge in [0, 0.05) is 34.0 Å². The van der Waals surface area contributed by atoms with Gasteiger partial charge in [0.2, 0.25) is 0 Å². The predicted molar refractivity (Wildman–Crippen MR) is 136 cm³/mol. The maximum absolute atomic E-state index is 12.4. The second kappa shape index (κ2) is 10.9. The molecule has 0 aliphatic rings. The number of nitro benzene ring substituents is 1. The lowest BCUT2D eigenvalue weighted by Crippen LogP contribution is -2.20. The Hall–Kier alpha value is -4.02. The highest BCUT2D eigenvalue weighted by Gasteiger charge is 2.17. The van der Waals surface area contributed by atoms with Gasteiger partial charge < -0.3 is 0 Å². The first-order valence-electron chi connectivity index (χ1n) is 10.4. The molecule has 1 heterocycles. The number of hydrogen-bond donors (Lipinski definition) is 1. The summed E-state index contributed by atoms with van der Waals surface area (Å²) in [6, 6.07) is 21.1. The van der Waals surface area contributed by atoms with Gasteiger partial charge in [0.25, 0.3) is 11.6 Å². The van der Waals surface area contributed by atoms with Gasteiger partial charge in [0.15, 0.2) is 11.0 Å². The molecule has 0 spiro atoms. The van der Waals surface area contributed by atoms with E-state index in [1.54, 1.807) is 24.3 Å². The largest absolute Gasteiger partial charge is 0.272 e. The average Bonchev–Trinajstić information content (AvgIpc) is 3.28. The molecule has 0 aliphatic heterocycles. The van der Waals surface area contributed by atoms with Crippen LogP contribution >= 0.6 is 23.4 Å². The van der Waals surface area contributed by atoms with Gasteiger partial charge in [-0.1, -0.05) is 65.3 Å². The maximum Gasteiger partial charge on any atom is 0.270 e. The summed E-state index contributed by atoms with van der Waals surface area (Å²) in [6.07, 6.45) is 1.35. The SMILES string of the molecule is Cc1ccc(-c2nnc(SCC(=O)NN=Cc3cccc([N+](=O)[O-])c3)n2-c2ccc(Cl)cc2)cc1. The normalized spacial score (nSPS) is 11.0. The molecule has 3 aromatic carbocycles. The number of rotatable bonds is 8. The van der Waals surface area contributed by atoms with Crippen molar-refractivity contribution < 1.29 is 9.72 Å². The number of thioether (sulfide) groups is 1. The van der Waals surface area contributed by atoms with E-state index in [0.717, 1.165) is 16.8 Å². The number of carbonyl (C=O) groups is 1. The lowest BCUT2D eigenvalue weighted by Gasteiger charge is -2.10. The minimum absolute atomic E-state index is 0.0336. The molecule has 0 bridgehead atoms. The molecule has 9 nitrogen and oxygen atoms in total. The third-order valence-corrected chi connectivity index (χ3v) is 6.03. The Morgan fingerprint density at radius 2 is 1.89 bits per heavy atom. The quantitative estimate of drug-likeness (QED) is 0.155. The molecule has 1 aromatic heterocycles. The molecule has 35 heavy (non-hydrogen) atoms. The number of amides is 1. The number of hydrazone groups is 1. The van der Waals surface area contributed by atoms with Gasteiger partial charge in [-0.3, -0.25) is 19.5 Å². The van der Waals surface area contributed by atoms with Crippen LogP contribution in [-0.2, 0) is 4.79 Å². The summed E-state index contributed by atoms with van der Waals surface area (Å²) in [5.74, 6) is 0.310. The molecule has 0 unspecified atom stereocenters. The number of benzene rings is 3. The highest BCUT2D eigenvalue weighted by atomic mass is 35.5. The Morgan fingerprint density at radius 3 is 2.60 bits per heavy atom. The summed E-state index contributed by atoms with van der Waals surface area (Å²) in [7, 11) is 0. The van der Waals surface area contributed by atoms with Crippen LogP contribution in [-0.4, -0.2) is 37.6 Å². The Balaban J connectivity index is 1.49. The number of halogens is 1. The van der Waals surface area contributed by atoms with Crippen molar-refractivity contribution in [2.24, 2.45) is 5.10 Å². The zero-order valence-electron chi connectivity index (χ0n) is 18.5. The monoisotopic (exact) mass is 506 g/mol. The van der Waals surface area contributed by atoms with Crippen molar-refractivity contribution in [3.63, 3.8) is 0 Å². The maximum atomic E-state index is 12.4. The third kappa shape index (κ3) is 6.11. The van der Waals surface area contributed by atoms with E-state index < -0.39 is 4.92 Å². The molecule has 0 aliphatic carbocycles. The van der Waals surface area contributed by atoms with Crippen LogP contribution in [0.5, 0.6) is 0 Å². The summed E-state index contributed by atoms with van der Waals surface area (Å²) in [5.41, 5.74) is 5.69. The van der Waals surface area contributed by atoms with E-state index >= 15 is 0 Å². The highest BCUT2D eigenvalue weighted by Crippen LogP contribution is 2.28. The van der Waals surface area contributed by atoms with Crippen LogP contribution in [0.15, 0.2) is 83.1 Å². The van der Waals surface area contributed by atoms with Crippen LogP contribution in [0.2, 0.25) is 5.02 Å². The molecule has 0 atom stereocenters. The molecule has 176 valence electrons. The van der Waals surface area contributed by atoms with E-state index in [2.05, 4.69) is 20.7 Å². The van der Waals surface area contributed by atoms with E-state index in [4.69, 9.17) is 11.6 Å². The minimum Gasteiger partial charge on any atom is -0.272 e. The number of nitro groups is 1. The first-order chi connectivity index (χ1) is 16.9. The second-order valence-corrected chi connectivity index (χ2v) is 8.80. The Labute approximate surface area is 210 Å². The highest BCUT2D eigenvalue weighted by molar-refractivity contribution is 7.99. The van der Waals surface area contributed by atoms with Crippen molar-refractivity contribution in [2.75, 3.05) is 5.75 Å². The van der Waals surface area contributed by atoms with E-state index in [-0.39, 0.29) is 17.3 Å². The van der Waals surface area contributed by atoms with Crippen LogP contribution in [0.4, 0.5) is 5.69 Å². The molecular weight excluding hydrogens is 488 g/mol. The number of carbonyl (C=O) groups excluding carboxylic acids is 1. The zero-order valence-corrected chi connectivity index (χ0v) is 20.0.